The van der Waals surface area contributed by atoms with Crippen LogP contribution < -0.4 is 9.46 Å². The van der Waals surface area contributed by atoms with Gasteiger partial charge in [-0.1, -0.05) is 30.3 Å². The highest BCUT2D eigenvalue weighted by atomic mass is 32.2. The van der Waals surface area contributed by atoms with Crippen molar-refractivity contribution in [2.24, 2.45) is 0 Å². The highest BCUT2D eigenvalue weighted by Gasteiger charge is 2.57. The molecule has 15 heteroatoms. The molecule has 1 saturated carbocycles. The third kappa shape index (κ3) is 7.98. The van der Waals surface area contributed by atoms with Crippen LogP contribution in [0.3, 0.4) is 0 Å². The van der Waals surface area contributed by atoms with Crippen molar-refractivity contribution < 1.29 is 45.8 Å². The van der Waals surface area contributed by atoms with Gasteiger partial charge in [-0.25, -0.2) is 31.1 Å². The summed E-state index contributed by atoms with van der Waals surface area (Å²) in [6, 6.07) is 6.36. The normalized spacial score (nSPS) is 22.3. The van der Waals surface area contributed by atoms with Crippen molar-refractivity contribution in [1.29, 1.82) is 0 Å². The molecule has 2 aromatic carbocycles. The smallest absolute Gasteiger partial charge is 0.410 e. The van der Waals surface area contributed by atoms with E-state index in [1.807, 2.05) is 0 Å². The van der Waals surface area contributed by atoms with Gasteiger partial charge in [-0.05, 0) is 50.8 Å². The summed E-state index contributed by atoms with van der Waals surface area (Å²) in [5, 5.41) is 5.64. The number of amides is 1. The number of ether oxygens (including phenoxy) is 2. The van der Waals surface area contributed by atoms with E-state index in [1.165, 1.54) is 35.2 Å². The van der Waals surface area contributed by atoms with E-state index in [-0.39, 0.29) is 54.9 Å². The summed E-state index contributed by atoms with van der Waals surface area (Å²) in [6.07, 6.45) is -0.832. The predicted molar refractivity (Wildman–Crippen MR) is 166 cm³/mol. The molecule has 3 radical (unpaired) electrons. The number of alkyl halides is 1. The van der Waals surface area contributed by atoms with Gasteiger partial charge in [0, 0.05) is 52.0 Å². The SMILES string of the molecule is CC(C)(C)OC(=O)N1CCC[C@H](NS(=O)(=O)C2(F)CC2)C(S)[C@@H]1[C@@H]([Si])c1cccc(-c2cccc(F)c2OCCC(=O)O)c1F. The Morgan fingerprint density at radius 2 is 1.82 bits per heavy atom. The molecule has 1 aliphatic heterocycles. The van der Waals surface area contributed by atoms with Gasteiger partial charge < -0.3 is 19.5 Å². The largest absolute Gasteiger partial charge is 0.489 e. The monoisotopic (exact) mass is 685 g/mol. The van der Waals surface area contributed by atoms with Crippen LogP contribution in [0.5, 0.6) is 5.75 Å². The molecule has 4 rings (SSSR count). The van der Waals surface area contributed by atoms with Crippen LogP contribution in [0.4, 0.5) is 18.0 Å². The summed E-state index contributed by atoms with van der Waals surface area (Å²) in [7, 11) is -0.737. The molecule has 9 nitrogen and oxygen atoms in total. The molecule has 1 unspecified atom stereocenters. The van der Waals surface area contributed by atoms with Gasteiger partial charge in [0.25, 0.3) is 0 Å². The van der Waals surface area contributed by atoms with Gasteiger partial charge in [0.2, 0.25) is 15.0 Å². The zero-order chi connectivity index (χ0) is 33.3. The first-order chi connectivity index (χ1) is 21.0. The van der Waals surface area contributed by atoms with E-state index in [2.05, 4.69) is 15.0 Å². The van der Waals surface area contributed by atoms with Crippen LogP contribution in [0.1, 0.15) is 64.0 Å². The van der Waals surface area contributed by atoms with Gasteiger partial charge in [-0.15, -0.1) is 0 Å². The van der Waals surface area contributed by atoms with Gasteiger partial charge >= 0.3 is 12.1 Å². The zero-order valence-electron chi connectivity index (χ0n) is 25.1. The summed E-state index contributed by atoms with van der Waals surface area (Å²) in [5.74, 6) is -3.09. The zero-order valence-corrected chi connectivity index (χ0v) is 27.8. The number of hydrogen-bond acceptors (Lipinski definition) is 7. The van der Waals surface area contributed by atoms with Crippen molar-refractivity contribution in [3.63, 3.8) is 0 Å². The molecule has 45 heavy (non-hydrogen) atoms. The van der Waals surface area contributed by atoms with Crippen molar-refractivity contribution in [2.75, 3.05) is 13.2 Å². The average Bonchev–Trinajstić information content (AvgIpc) is 3.72. The van der Waals surface area contributed by atoms with Crippen LogP contribution >= 0.6 is 12.6 Å². The van der Waals surface area contributed by atoms with Crippen LogP contribution in [0.25, 0.3) is 11.1 Å². The third-order valence-electron chi connectivity index (χ3n) is 7.62. The lowest BCUT2D eigenvalue weighted by Gasteiger charge is -2.40. The summed E-state index contributed by atoms with van der Waals surface area (Å²) < 4.78 is 85.2. The minimum Gasteiger partial charge on any atom is -0.489 e. The molecule has 2 aromatic rings. The standard InChI is InChI=1S/C30H36F3N2O7S2Si/c1-29(2,3)42-28(38)35-15-6-11-21(34-44(39,40)30(33)13-14-30)26(43)24(35)27(45)19-9-4-7-17(23(19)32)18-8-5-10-20(31)25(18)41-16-12-22(36)37/h4-5,7-10,21,24,26-27,34,43H,6,11-16H2,1-3H3,(H,36,37)/t21-,24+,26?,27-/m0/s1. The molecule has 1 saturated heterocycles. The van der Waals surface area contributed by atoms with Crippen LogP contribution in [0.15, 0.2) is 36.4 Å². The Hall–Kier alpha value is -2.75. The Morgan fingerprint density at radius 1 is 1.18 bits per heavy atom. The second-order valence-electron chi connectivity index (χ2n) is 12.2. The third-order valence-corrected chi connectivity index (χ3v) is 10.9. The number of carboxylic acid groups (broad SMARTS) is 1. The van der Waals surface area contributed by atoms with Crippen molar-refractivity contribution in [1.82, 2.24) is 9.62 Å². The first kappa shape index (κ1) is 35.1. The number of halogens is 3. The van der Waals surface area contributed by atoms with Crippen molar-refractivity contribution in [3.05, 3.63) is 53.6 Å². The van der Waals surface area contributed by atoms with E-state index in [0.717, 1.165) is 6.07 Å². The number of benzene rings is 2. The van der Waals surface area contributed by atoms with E-state index in [0.29, 0.717) is 6.42 Å². The fourth-order valence-electron chi connectivity index (χ4n) is 5.23. The summed E-state index contributed by atoms with van der Waals surface area (Å²) in [5.41, 5.74) is -1.87. The number of nitrogens with zero attached hydrogens (tertiary/aromatic N) is 1. The summed E-state index contributed by atoms with van der Waals surface area (Å²) in [4.78, 5) is 25.8. The van der Waals surface area contributed by atoms with E-state index in [1.54, 1.807) is 20.8 Å². The predicted octanol–water partition coefficient (Wildman–Crippen LogP) is 5.14. The number of para-hydroxylation sites is 1. The lowest BCUT2D eigenvalue weighted by molar-refractivity contribution is -0.137. The molecule has 1 aliphatic carbocycles. The molecule has 0 aromatic heterocycles. The lowest BCUT2D eigenvalue weighted by atomic mass is 9.93. The molecular formula is C30H36F3N2O7S2Si. The molecule has 2 N–H and O–H groups in total. The number of sulfonamides is 1. The van der Waals surface area contributed by atoms with Crippen LogP contribution in [-0.4, -0.2) is 81.8 Å². The fraction of sp³-hybridized carbons (Fsp3) is 0.533. The molecule has 245 valence electrons. The minimum absolute atomic E-state index is 0.0363. The maximum atomic E-state index is 16.5. The van der Waals surface area contributed by atoms with Gasteiger partial charge in [0.05, 0.1) is 19.1 Å². The molecule has 1 heterocycles. The maximum Gasteiger partial charge on any atom is 0.410 e. The average molecular weight is 686 g/mol. The van der Waals surface area contributed by atoms with Crippen molar-refractivity contribution in [2.45, 2.75) is 86.4 Å². The molecule has 2 fully saturated rings. The number of thiol groups is 1. The highest BCUT2D eigenvalue weighted by molar-refractivity contribution is 7.91. The number of nitrogens with one attached hydrogen (secondary N) is 1. The van der Waals surface area contributed by atoms with Crippen molar-refractivity contribution >= 4 is 45.0 Å². The van der Waals surface area contributed by atoms with Gasteiger partial charge in [0.1, 0.15) is 11.4 Å². The molecule has 4 atom stereocenters. The number of carboxylic acids is 1. The number of carbonyl (C=O) groups excluding carboxylic acids is 1. The van der Waals surface area contributed by atoms with E-state index < -0.39 is 73.6 Å². The first-order valence-electron chi connectivity index (χ1n) is 14.5. The van der Waals surface area contributed by atoms with E-state index in [4.69, 9.17) is 27.2 Å². The Balaban J connectivity index is 1.75. The molecule has 2 aliphatic rings. The quantitative estimate of drug-likeness (QED) is 0.234. The Kier molecular flexibility index (Phi) is 10.6. The Labute approximate surface area is 269 Å². The van der Waals surface area contributed by atoms with Gasteiger partial charge in [-0.3, -0.25) is 4.79 Å². The van der Waals surface area contributed by atoms with Crippen LogP contribution in [-0.2, 0) is 19.6 Å². The molecule has 1 amide bonds. The molecular weight excluding hydrogens is 650 g/mol. The Bertz CT molecular complexity index is 1540. The van der Waals surface area contributed by atoms with Crippen LogP contribution in [0, 0.1) is 11.6 Å². The fourth-order valence-corrected chi connectivity index (χ4v) is 8.17. The number of rotatable bonds is 10. The second kappa shape index (κ2) is 13.5. The van der Waals surface area contributed by atoms with Gasteiger partial charge in [-0.2, -0.15) is 12.6 Å². The van der Waals surface area contributed by atoms with Crippen LogP contribution in [0.2, 0.25) is 0 Å². The highest BCUT2D eigenvalue weighted by Crippen LogP contribution is 2.45. The number of carbonyl (C=O) groups is 2. The summed E-state index contributed by atoms with van der Waals surface area (Å²) in [6.45, 7) is 4.83. The molecule has 0 bridgehead atoms. The lowest BCUT2D eigenvalue weighted by Crippen LogP contribution is -2.55. The topological polar surface area (TPSA) is 122 Å². The minimum atomic E-state index is -4.36. The first-order valence-corrected chi connectivity index (χ1v) is 17.0. The van der Waals surface area contributed by atoms with E-state index in [9.17, 15) is 26.8 Å². The van der Waals surface area contributed by atoms with Crippen molar-refractivity contribution in [3.8, 4) is 16.9 Å². The Morgan fingerprint density at radius 3 is 2.44 bits per heavy atom. The number of hydrogen-bond donors (Lipinski definition) is 3. The van der Waals surface area contributed by atoms with Gasteiger partial charge in [0.15, 0.2) is 11.6 Å². The number of likely N-dealkylation sites (tertiary alicyclic amines) is 1. The second-order valence-corrected chi connectivity index (χ2v) is 15.4. The maximum absolute atomic E-state index is 16.5. The summed E-state index contributed by atoms with van der Waals surface area (Å²) >= 11 is 4.75. The number of aliphatic carboxylic acids is 1. The van der Waals surface area contributed by atoms with E-state index >= 15 is 4.39 Å². The molecule has 0 spiro atoms.